The fourth-order valence-corrected chi connectivity index (χ4v) is 1.47. The second-order valence-electron chi connectivity index (χ2n) is 2.39. The first-order valence-electron chi connectivity index (χ1n) is 3.98. The maximum Gasteiger partial charge on any atom is 0.118 e. The van der Waals surface area contributed by atoms with Crippen LogP contribution in [-0.4, -0.2) is 12.4 Å². The molecule has 0 rings (SSSR count). The van der Waals surface area contributed by atoms with E-state index < -0.39 is 0 Å². The predicted octanol–water partition coefficient (Wildman–Crippen LogP) is 3.60. The van der Waals surface area contributed by atoms with Crippen LogP contribution in [0, 0.1) is 0 Å². The first kappa shape index (κ1) is 12.2. The van der Waals surface area contributed by atoms with E-state index in [0.717, 1.165) is 16.5 Å². The molecule has 0 aromatic carbocycles. The Morgan fingerprint density at radius 1 is 1.54 bits per heavy atom. The third-order valence-corrected chi connectivity index (χ3v) is 2.25. The van der Waals surface area contributed by atoms with Crippen molar-refractivity contribution in [1.29, 1.82) is 0 Å². The van der Waals surface area contributed by atoms with Gasteiger partial charge >= 0.3 is 0 Å². The molecule has 0 amide bonds. The van der Waals surface area contributed by atoms with Crippen LogP contribution in [0.3, 0.4) is 0 Å². The van der Waals surface area contributed by atoms with Crippen molar-refractivity contribution in [2.45, 2.75) is 6.92 Å². The number of halogens is 1. The lowest BCUT2D eigenvalue weighted by Gasteiger charge is -2.10. The Morgan fingerprint density at radius 3 is 2.46 bits per heavy atom. The number of hydrogen-bond acceptors (Lipinski definition) is 1. The van der Waals surface area contributed by atoms with Crippen LogP contribution in [0.1, 0.15) is 6.92 Å². The van der Waals surface area contributed by atoms with Gasteiger partial charge in [0.25, 0.3) is 0 Å². The number of ether oxygens (including phenoxy) is 1. The molecule has 0 fully saturated rings. The van der Waals surface area contributed by atoms with Gasteiger partial charge in [0.1, 0.15) is 5.76 Å². The highest BCUT2D eigenvalue weighted by atomic mass is 79.9. The summed E-state index contributed by atoms with van der Waals surface area (Å²) in [5.74, 6) is 0.676. The van der Waals surface area contributed by atoms with Crippen molar-refractivity contribution in [3.8, 4) is 0 Å². The second kappa shape index (κ2) is 6.72. The SMILES string of the molecule is C=C/C=C(CBr)\C(=C/C)C(=C)OC. The van der Waals surface area contributed by atoms with Gasteiger partial charge in [-0.2, -0.15) is 0 Å². The van der Waals surface area contributed by atoms with Crippen LogP contribution >= 0.6 is 15.9 Å². The van der Waals surface area contributed by atoms with E-state index in [1.54, 1.807) is 13.2 Å². The topological polar surface area (TPSA) is 9.23 Å². The van der Waals surface area contributed by atoms with Gasteiger partial charge in [0, 0.05) is 10.9 Å². The molecule has 72 valence electrons. The molecule has 13 heavy (non-hydrogen) atoms. The van der Waals surface area contributed by atoms with Gasteiger partial charge < -0.3 is 4.74 Å². The summed E-state index contributed by atoms with van der Waals surface area (Å²) in [6.45, 7) is 9.42. The molecule has 0 aliphatic rings. The molecule has 0 atom stereocenters. The van der Waals surface area contributed by atoms with Crippen LogP contribution in [0.15, 0.2) is 48.3 Å². The number of methoxy groups -OCH3 is 1. The summed E-state index contributed by atoms with van der Waals surface area (Å²) >= 11 is 3.40. The lowest BCUT2D eigenvalue weighted by atomic mass is 10.1. The van der Waals surface area contributed by atoms with Crippen LogP contribution in [0.2, 0.25) is 0 Å². The van der Waals surface area contributed by atoms with E-state index in [9.17, 15) is 0 Å². The van der Waals surface area contributed by atoms with Crippen LogP contribution in [0.4, 0.5) is 0 Å². The molecule has 0 saturated heterocycles. The Labute approximate surface area is 88.6 Å². The van der Waals surface area contributed by atoms with E-state index in [-0.39, 0.29) is 0 Å². The fourth-order valence-electron chi connectivity index (χ4n) is 0.984. The molecular weight excluding hydrogens is 228 g/mol. The molecule has 0 unspecified atom stereocenters. The van der Waals surface area contributed by atoms with Crippen LogP contribution in [0.5, 0.6) is 0 Å². The summed E-state index contributed by atoms with van der Waals surface area (Å²) in [5.41, 5.74) is 2.13. The maximum atomic E-state index is 5.07. The molecule has 0 heterocycles. The maximum absolute atomic E-state index is 5.07. The van der Waals surface area contributed by atoms with E-state index in [1.165, 1.54) is 0 Å². The van der Waals surface area contributed by atoms with Gasteiger partial charge in [-0.25, -0.2) is 0 Å². The molecule has 1 nitrogen and oxygen atoms in total. The Bertz CT molecular complexity index is 249. The number of allylic oxidation sites excluding steroid dienone is 4. The summed E-state index contributed by atoms with van der Waals surface area (Å²) in [5, 5.41) is 0.765. The summed E-state index contributed by atoms with van der Waals surface area (Å²) in [6, 6.07) is 0. The van der Waals surface area contributed by atoms with Crippen LogP contribution < -0.4 is 0 Å². The lowest BCUT2D eigenvalue weighted by molar-refractivity contribution is 0.304. The Morgan fingerprint density at radius 2 is 2.15 bits per heavy atom. The highest BCUT2D eigenvalue weighted by Crippen LogP contribution is 2.20. The van der Waals surface area contributed by atoms with Crippen molar-refractivity contribution in [1.82, 2.24) is 0 Å². The number of rotatable bonds is 5. The van der Waals surface area contributed by atoms with E-state index in [1.807, 2.05) is 19.1 Å². The van der Waals surface area contributed by atoms with Crippen molar-refractivity contribution >= 4 is 15.9 Å². The zero-order valence-corrected chi connectivity index (χ0v) is 9.73. The predicted molar refractivity (Wildman–Crippen MR) is 62.0 cm³/mol. The molecule has 0 aromatic rings. The largest absolute Gasteiger partial charge is 0.497 e. The quantitative estimate of drug-likeness (QED) is 0.407. The smallest absolute Gasteiger partial charge is 0.118 e. The van der Waals surface area contributed by atoms with Crippen molar-refractivity contribution < 1.29 is 4.74 Å². The Kier molecular flexibility index (Phi) is 6.33. The van der Waals surface area contributed by atoms with Gasteiger partial charge in [-0.3, -0.25) is 0 Å². The number of alkyl halides is 1. The highest BCUT2D eigenvalue weighted by Gasteiger charge is 2.05. The number of hydrogen-bond donors (Lipinski definition) is 0. The molecule has 0 saturated carbocycles. The molecule has 0 aliphatic heterocycles. The molecule has 0 aromatic heterocycles. The van der Waals surface area contributed by atoms with Gasteiger partial charge in [0.05, 0.1) is 7.11 Å². The average Bonchev–Trinajstić information content (AvgIpc) is 2.17. The zero-order valence-electron chi connectivity index (χ0n) is 8.14. The minimum absolute atomic E-state index is 0.676. The molecular formula is C11H15BrO. The summed E-state index contributed by atoms with van der Waals surface area (Å²) in [7, 11) is 1.62. The standard InChI is InChI=1S/C11H15BrO/c1-5-7-10(8-12)11(6-2)9(3)13-4/h5-7H,1,3,8H2,2,4H3/b10-7-,11-6-. The summed E-state index contributed by atoms with van der Waals surface area (Å²) < 4.78 is 5.07. The van der Waals surface area contributed by atoms with Crippen LogP contribution in [-0.2, 0) is 4.74 Å². The van der Waals surface area contributed by atoms with E-state index in [2.05, 4.69) is 29.1 Å². The van der Waals surface area contributed by atoms with Gasteiger partial charge in [-0.1, -0.05) is 47.3 Å². The zero-order chi connectivity index (χ0) is 10.3. The molecule has 2 heteroatoms. The van der Waals surface area contributed by atoms with Crippen LogP contribution in [0.25, 0.3) is 0 Å². The highest BCUT2D eigenvalue weighted by molar-refractivity contribution is 9.09. The van der Waals surface area contributed by atoms with Crippen molar-refractivity contribution in [2.75, 3.05) is 12.4 Å². The Hall–Kier alpha value is -0.760. The van der Waals surface area contributed by atoms with Gasteiger partial charge in [0.15, 0.2) is 0 Å². The molecule has 0 aliphatic carbocycles. The molecule has 0 N–H and O–H groups in total. The third kappa shape index (κ3) is 3.64. The monoisotopic (exact) mass is 242 g/mol. The summed E-state index contributed by atoms with van der Waals surface area (Å²) in [6.07, 6.45) is 5.67. The van der Waals surface area contributed by atoms with E-state index >= 15 is 0 Å². The van der Waals surface area contributed by atoms with E-state index in [4.69, 9.17) is 4.74 Å². The van der Waals surface area contributed by atoms with Crippen molar-refractivity contribution in [2.24, 2.45) is 0 Å². The first-order valence-corrected chi connectivity index (χ1v) is 5.10. The van der Waals surface area contributed by atoms with Gasteiger partial charge in [-0.15, -0.1) is 0 Å². The first-order chi connectivity index (χ1) is 6.21. The Balaban J connectivity index is 4.86. The lowest BCUT2D eigenvalue weighted by Crippen LogP contribution is -1.96. The normalized spacial score (nSPS) is 12.5. The van der Waals surface area contributed by atoms with Crippen molar-refractivity contribution in [3.63, 3.8) is 0 Å². The van der Waals surface area contributed by atoms with Crippen molar-refractivity contribution in [3.05, 3.63) is 48.3 Å². The average molecular weight is 243 g/mol. The third-order valence-electron chi connectivity index (χ3n) is 1.64. The minimum Gasteiger partial charge on any atom is -0.497 e. The van der Waals surface area contributed by atoms with Gasteiger partial charge in [0.2, 0.25) is 0 Å². The van der Waals surface area contributed by atoms with E-state index in [0.29, 0.717) is 5.76 Å². The molecule has 0 radical (unpaired) electrons. The molecule has 0 spiro atoms. The fraction of sp³-hybridized carbons (Fsp3) is 0.273. The molecule has 0 bridgehead atoms. The second-order valence-corrected chi connectivity index (χ2v) is 2.95. The minimum atomic E-state index is 0.676. The van der Waals surface area contributed by atoms with Gasteiger partial charge in [-0.05, 0) is 12.5 Å². The summed E-state index contributed by atoms with van der Waals surface area (Å²) in [4.78, 5) is 0.